The van der Waals surface area contributed by atoms with Crippen LogP contribution in [0.25, 0.3) is 0 Å². The van der Waals surface area contributed by atoms with Crippen LogP contribution in [-0.2, 0) is 17.8 Å². The number of Topliss-reactive ketones (excluding diaryl/α,β-unsaturated/α-hetero) is 1. The molecule has 0 spiro atoms. The molecule has 0 N–H and O–H groups in total. The molecule has 0 aliphatic carbocycles. The van der Waals surface area contributed by atoms with Crippen LogP contribution in [0, 0.1) is 0 Å². The standard InChI is InChI=1S/C20H21ClN2O/c1-3-14(15-4-6-17(21)7-5-15)9-19(24)10-18-8-16-11-22-13(2)20(16)12-23-18/h4-8,12,14H,3,9-11H2,1-2H3/t14-/m0/s1. The van der Waals surface area contributed by atoms with Crippen molar-refractivity contribution in [1.82, 2.24) is 4.98 Å². The molecule has 4 heteroatoms. The number of nitrogens with zero attached hydrogens (tertiary/aromatic N) is 2. The first kappa shape index (κ1) is 16.8. The van der Waals surface area contributed by atoms with Crippen LogP contribution in [0.2, 0.25) is 5.02 Å². The summed E-state index contributed by atoms with van der Waals surface area (Å²) in [4.78, 5) is 21.3. The number of hydrogen-bond acceptors (Lipinski definition) is 3. The Bertz CT molecular complexity index is 781. The molecule has 2 aromatic rings. The van der Waals surface area contributed by atoms with Crippen molar-refractivity contribution in [1.29, 1.82) is 0 Å². The fourth-order valence-corrected chi connectivity index (χ4v) is 3.30. The number of pyridine rings is 1. The predicted octanol–water partition coefficient (Wildman–Crippen LogP) is 4.75. The highest BCUT2D eigenvalue weighted by atomic mass is 35.5. The summed E-state index contributed by atoms with van der Waals surface area (Å²) in [5.41, 5.74) is 5.33. The third kappa shape index (κ3) is 3.73. The molecule has 1 aliphatic heterocycles. The van der Waals surface area contributed by atoms with Gasteiger partial charge in [0.05, 0.1) is 6.54 Å². The summed E-state index contributed by atoms with van der Waals surface area (Å²) in [6.07, 6.45) is 3.70. The van der Waals surface area contributed by atoms with Crippen molar-refractivity contribution in [3.8, 4) is 0 Å². The lowest BCUT2D eigenvalue weighted by molar-refractivity contribution is -0.118. The minimum atomic E-state index is 0.222. The van der Waals surface area contributed by atoms with Crippen LogP contribution < -0.4 is 0 Å². The van der Waals surface area contributed by atoms with E-state index in [1.54, 1.807) is 0 Å². The lowest BCUT2D eigenvalue weighted by Gasteiger charge is -2.14. The number of hydrogen-bond donors (Lipinski definition) is 0. The van der Waals surface area contributed by atoms with Crippen LogP contribution in [0.4, 0.5) is 0 Å². The van der Waals surface area contributed by atoms with Crippen LogP contribution in [0.3, 0.4) is 0 Å². The van der Waals surface area contributed by atoms with Gasteiger partial charge in [-0.05, 0) is 48.6 Å². The summed E-state index contributed by atoms with van der Waals surface area (Å²) in [6, 6.07) is 9.81. The highest BCUT2D eigenvalue weighted by molar-refractivity contribution is 6.30. The van der Waals surface area contributed by atoms with Gasteiger partial charge in [-0.15, -0.1) is 0 Å². The number of aromatic nitrogens is 1. The molecule has 0 radical (unpaired) electrons. The van der Waals surface area contributed by atoms with Gasteiger partial charge in [-0.25, -0.2) is 0 Å². The molecule has 3 nitrogen and oxygen atoms in total. The Morgan fingerprint density at radius 3 is 2.75 bits per heavy atom. The van der Waals surface area contributed by atoms with Gasteiger partial charge in [0.1, 0.15) is 5.78 Å². The highest BCUT2D eigenvalue weighted by Gasteiger charge is 2.17. The Morgan fingerprint density at radius 1 is 1.29 bits per heavy atom. The lowest BCUT2D eigenvalue weighted by Crippen LogP contribution is -2.11. The van der Waals surface area contributed by atoms with Gasteiger partial charge in [0.15, 0.2) is 0 Å². The predicted molar refractivity (Wildman–Crippen MR) is 98.0 cm³/mol. The Kier molecular flexibility index (Phi) is 5.10. The fourth-order valence-electron chi connectivity index (χ4n) is 3.17. The van der Waals surface area contributed by atoms with E-state index in [-0.39, 0.29) is 11.7 Å². The van der Waals surface area contributed by atoms with Crippen molar-refractivity contribution in [2.45, 2.75) is 45.6 Å². The quantitative estimate of drug-likeness (QED) is 0.761. The van der Waals surface area contributed by atoms with E-state index in [0.717, 1.165) is 28.4 Å². The lowest BCUT2D eigenvalue weighted by atomic mass is 9.90. The minimum Gasteiger partial charge on any atom is -0.299 e. The van der Waals surface area contributed by atoms with E-state index in [1.807, 2.05) is 43.5 Å². The molecular weight excluding hydrogens is 320 g/mol. The van der Waals surface area contributed by atoms with Gasteiger partial charge < -0.3 is 0 Å². The van der Waals surface area contributed by atoms with E-state index in [9.17, 15) is 4.79 Å². The molecule has 2 heterocycles. The maximum atomic E-state index is 12.5. The molecule has 0 unspecified atom stereocenters. The molecule has 0 saturated carbocycles. The molecule has 1 aromatic heterocycles. The number of halogens is 1. The molecule has 0 bridgehead atoms. The molecule has 24 heavy (non-hydrogen) atoms. The Morgan fingerprint density at radius 2 is 2.04 bits per heavy atom. The SMILES string of the molecule is CC[C@@H](CC(=O)Cc1cc2c(cn1)C(C)=NC2)c1ccc(Cl)cc1. The summed E-state index contributed by atoms with van der Waals surface area (Å²) < 4.78 is 0. The largest absolute Gasteiger partial charge is 0.299 e. The fraction of sp³-hybridized carbons (Fsp3) is 0.350. The second kappa shape index (κ2) is 7.27. The molecule has 0 saturated heterocycles. The maximum absolute atomic E-state index is 12.5. The van der Waals surface area contributed by atoms with Crippen LogP contribution in [-0.4, -0.2) is 16.5 Å². The number of rotatable bonds is 6. The Hall–Kier alpha value is -2.00. The Balaban J connectivity index is 1.65. The molecular formula is C20H21ClN2O. The first-order valence-electron chi connectivity index (χ1n) is 8.33. The van der Waals surface area contributed by atoms with Crippen LogP contribution >= 0.6 is 11.6 Å². The van der Waals surface area contributed by atoms with Crippen molar-refractivity contribution in [2.75, 3.05) is 0 Å². The summed E-state index contributed by atoms with van der Waals surface area (Å²) >= 11 is 5.94. The van der Waals surface area contributed by atoms with Crippen molar-refractivity contribution in [2.24, 2.45) is 4.99 Å². The normalized spacial score (nSPS) is 14.2. The number of aliphatic imine (C=N–C) groups is 1. The number of benzene rings is 1. The van der Waals surface area contributed by atoms with Crippen molar-refractivity contribution in [3.63, 3.8) is 0 Å². The molecule has 1 aliphatic rings. The summed E-state index contributed by atoms with van der Waals surface area (Å²) in [7, 11) is 0. The number of carbonyl (C=O) groups excluding carboxylic acids is 1. The number of carbonyl (C=O) groups is 1. The van der Waals surface area contributed by atoms with E-state index in [0.29, 0.717) is 19.4 Å². The van der Waals surface area contributed by atoms with Crippen LogP contribution in [0.1, 0.15) is 55.0 Å². The third-order valence-corrected chi connectivity index (χ3v) is 4.86. The average Bonchev–Trinajstić information content (AvgIpc) is 2.94. The Labute approximate surface area is 147 Å². The van der Waals surface area contributed by atoms with Gasteiger partial charge in [0.2, 0.25) is 0 Å². The maximum Gasteiger partial charge on any atom is 0.139 e. The van der Waals surface area contributed by atoms with E-state index >= 15 is 0 Å². The van der Waals surface area contributed by atoms with Crippen molar-refractivity contribution in [3.05, 3.63) is 63.9 Å². The zero-order valence-electron chi connectivity index (χ0n) is 14.1. The van der Waals surface area contributed by atoms with Crippen LogP contribution in [0.5, 0.6) is 0 Å². The van der Waals surface area contributed by atoms with E-state index in [4.69, 9.17) is 11.6 Å². The second-order valence-electron chi connectivity index (χ2n) is 6.31. The zero-order chi connectivity index (χ0) is 17.1. The highest BCUT2D eigenvalue weighted by Crippen LogP contribution is 2.26. The molecule has 0 amide bonds. The molecule has 124 valence electrons. The first-order chi connectivity index (χ1) is 11.6. The van der Waals surface area contributed by atoms with E-state index in [1.165, 1.54) is 11.1 Å². The van der Waals surface area contributed by atoms with E-state index < -0.39 is 0 Å². The second-order valence-corrected chi connectivity index (χ2v) is 6.75. The number of ketones is 1. The zero-order valence-corrected chi connectivity index (χ0v) is 14.8. The average molecular weight is 341 g/mol. The van der Waals surface area contributed by atoms with E-state index in [2.05, 4.69) is 16.9 Å². The smallest absolute Gasteiger partial charge is 0.139 e. The monoisotopic (exact) mass is 340 g/mol. The molecule has 0 fully saturated rings. The van der Waals surface area contributed by atoms with Gasteiger partial charge >= 0.3 is 0 Å². The molecule has 1 aromatic carbocycles. The molecule has 1 atom stereocenters. The topological polar surface area (TPSA) is 42.3 Å². The van der Waals surface area contributed by atoms with Gasteiger partial charge in [0, 0.05) is 41.0 Å². The summed E-state index contributed by atoms with van der Waals surface area (Å²) in [5, 5.41) is 0.722. The first-order valence-corrected chi connectivity index (χ1v) is 8.71. The van der Waals surface area contributed by atoms with Gasteiger partial charge in [0.25, 0.3) is 0 Å². The third-order valence-electron chi connectivity index (χ3n) is 4.61. The van der Waals surface area contributed by atoms with Crippen LogP contribution in [0.15, 0.2) is 41.5 Å². The van der Waals surface area contributed by atoms with Gasteiger partial charge in [-0.1, -0.05) is 30.7 Å². The number of fused-ring (bicyclic) bond motifs is 1. The summed E-state index contributed by atoms with van der Waals surface area (Å²) in [5.74, 6) is 0.453. The molecule has 3 rings (SSSR count). The van der Waals surface area contributed by atoms with Gasteiger partial charge in [-0.3, -0.25) is 14.8 Å². The van der Waals surface area contributed by atoms with Crippen molar-refractivity contribution >= 4 is 23.1 Å². The minimum absolute atomic E-state index is 0.222. The summed E-state index contributed by atoms with van der Waals surface area (Å²) in [6.45, 7) is 4.81. The van der Waals surface area contributed by atoms with Gasteiger partial charge in [-0.2, -0.15) is 0 Å². The van der Waals surface area contributed by atoms with Crippen molar-refractivity contribution < 1.29 is 4.79 Å².